The molecule has 1 aromatic rings. The van der Waals surface area contributed by atoms with Crippen LogP contribution in [0, 0.1) is 5.92 Å². The molecule has 0 fully saturated rings. The topological polar surface area (TPSA) is 43.1 Å². The van der Waals surface area contributed by atoms with Crippen molar-refractivity contribution in [3.05, 3.63) is 47.7 Å². The van der Waals surface area contributed by atoms with Crippen molar-refractivity contribution in [2.24, 2.45) is 11.7 Å². The van der Waals surface area contributed by atoms with E-state index in [4.69, 9.17) is 5.73 Å². The van der Waals surface area contributed by atoms with E-state index in [0.717, 1.165) is 17.7 Å². The van der Waals surface area contributed by atoms with Crippen LogP contribution in [0.4, 0.5) is 0 Å². The van der Waals surface area contributed by atoms with Crippen LogP contribution >= 0.6 is 11.8 Å². The molecule has 0 spiro atoms. The zero-order valence-electron chi connectivity index (χ0n) is 14.7. The minimum Gasteiger partial charge on any atom is -0.402 e. The predicted molar refractivity (Wildman–Crippen MR) is 101 cm³/mol. The maximum absolute atomic E-state index is 11.3. The SMILES string of the molecule is C=C(N)C(C)CCSC.CCC(=O)c1ccc(C(C)C)cc1. The number of carbonyl (C=O) groups excluding carboxylic acids is 1. The van der Waals surface area contributed by atoms with Gasteiger partial charge in [-0.2, -0.15) is 11.8 Å². The highest BCUT2D eigenvalue weighted by molar-refractivity contribution is 7.98. The van der Waals surface area contributed by atoms with Crippen molar-refractivity contribution in [2.45, 2.75) is 46.5 Å². The lowest BCUT2D eigenvalue weighted by atomic mass is 10.00. The largest absolute Gasteiger partial charge is 0.402 e. The summed E-state index contributed by atoms with van der Waals surface area (Å²) >= 11 is 1.85. The highest BCUT2D eigenvalue weighted by Crippen LogP contribution is 2.15. The molecule has 2 N–H and O–H groups in total. The number of carbonyl (C=O) groups is 1. The highest BCUT2D eigenvalue weighted by Gasteiger charge is 2.03. The monoisotopic (exact) mass is 321 g/mol. The van der Waals surface area contributed by atoms with Gasteiger partial charge in [0.15, 0.2) is 5.78 Å². The molecular formula is C19H31NOS. The minimum atomic E-state index is 0.218. The van der Waals surface area contributed by atoms with E-state index >= 15 is 0 Å². The van der Waals surface area contributed by atoms with Crippen LogP contribution in [-0.2, 0) is 0 Å². The number of thioether (sulfide) groups is 1. The Labute approximate surface area is 140 Å². The number of nitrogens with two attached hydrogens (primary N) is 1. The summed E-state index contributed by atoms with van der Waals surface area (Å²) in [6.07, 6.45) is 3.84. The van der Waals surface area contributed by atoms with Crippen LogP contribution in [0.2, 0.25) is 0 Å². The summed E-state index contributed by atoms with van der Waals surface area (Å²) in [5.41, 5.74) is 8.39. The van der Waals surface area contributed by atoms with Gasteiger partial charge in [-0.1, -0.05) is 58.5 Å². The van der Waals surface area contributed by atoms with E-state index in [2.05, 4.69) is 33.6 Å². The third kappa shape index (κ3) is 8.28. The van der Waals surface area contributed by atoms with E-state index in [0.29, 0.717) is 18.3 Å². The molecule has 22 heavy (non-hydrogen) atoms. The van der Waals surface area contributed by atoms with Crippen molar-refractivity contribution in [1.82, 2.24) is 0 Å². The number of ketones is 1. The van der Waals surface area contributed by atoms with Gasteiger partial charge in [0.1, 0.15) is 0 Å². The van der Waals surface area contributed by atoms with Gasteiger partial charge in [0.25, 0.3) is 0 Å². The van der Waals surface area contributed by atoms with Gasteiger partial charge in [0.05, 0.1) is 0 Å². The summed E-state index contributed by atoms with van der Waals surface area (Å²) in [4.78, 5) is 11.3. The van der Waals surface area contributed by atoms with Gasteiger partial charge in [-0.15, -0.1) is 0 Å². The second-order valence-electron chi connectivity index (χ2n) is 5.81. The standard InChI is InChI=1S/C12H16O.C7H15NS/c1-4-12(13)11-7-5-10(6-8-11)9(2)3;1-6(7(2)8)4-5-9-3/h5-9H,4H2,1-3H3;6H,2,4-5,8H2,1,3H3. The van der Waals surface area contributed by atoms with Crippen molar-refractivity contribution < 1.29 is 4.79 Å². The Balaban J connectivity index is 0.000000433. The molecule has 0 aromatic heterocycles. The summed E-state index contributed by atoms with van der Waals surface area (Å²) in [5.74, 6) is 2.41. The van der Waals surface area contributed by atoms with Gasteiger partial charge in [0.2, 0.25) is 0 Å². The first kappa shape index (κ1) is 20.8. The molecule has 0 bridgehead atoms. The molecule has 0 aliphatic rings. The number of Topliss-reactive ketones (excluding diaryl/α,β-unsaturated/α-hetero) is 1. The lowest BCUT2D eigenvalue weighted by Crippen LogP contribution is -2.07. The maximum atomic E-state index is 11.3. The second kappa shape index (κ2) is 11.4. The highest BCUT2D eigenvalue weighted by atomic mass is 32.2. The Kier molecular flexibility index (Phi) is 10.7. The predicted octanol–water partition coefficient (Wildman–Crippen LogP) is 5.25. The van der Waals surface area contributed by atoms with Crippen molar-refractivity contribution in [3.8, 4) is 0 Å². The molecule has 1 unspecified atom stereocenters. The molecule has 1 rings (SSSR count). The van der Waals surface area contributed by atoms with E-state index in [1.165, 1.54) is 11.3 Å². The second-order valence-corrected chi connectivity index (χ2v) is 6.80. The third-order valence-electron chi connectivity index (χ3n) is 3.61. The number of benzene rings is 1. The number of rotatable bonds is 7. The molecule has 1 aromatic carbocycles. The zero-order chi connectivity index (χ0) is 17.1. The fourth-order valence-electron chi connectivity index (χ4n) is 1.74. The van der Waals surface area contributed by atoms with Gasteiger partial charge in [-0.3, -0.25) is 4.79 Å². The fourth-order valence-corrected chi connectivity index (χ4v) is 2.33. The molecular weight excluding hydrogens is 290 g/mol. The number of hydrogen-bond acceptors (Lipinski definition) is 3. The summed E-state index contributed by atoms with van der Waals surface area (Å²) in [7, 11) is 0. The van der Waals surface area contributed by atoms with Crippen LogP contribution in [0.3, 0.4) is 0 Å². The van der Waals surface area contributed by atoms with E-state index in [-0.39, 0.29) is 5.78 Å². The average Bonchev–Trinajstić information content (AvgIpc) is 2.52. The quantitative estimate of drug-likeness (QED) is 0.697. The smallest absolute Gasteiger partial charge is 0.162 e. The molecule has 0 amide bonds. The fraction of sp³-hybridized carbons (Fsp3) is 0.526. The van der Waals surface area contributed by atoms with Crippen LogP contribution in [0.15, 0.2) is 36.5 Å². The van der Waals surface area contributed by atoms with Crippen molar-refractivity contribution in [1.29, 1.82) is 0 Å². The molecule has 0 heterocycles. The summed E-state index contributed by atoms with van der Waals surface area (Å²) in [5, 5.41) is 0. The molecule has 2 nitrogen and oxygen atoms in total. The van der Waals surface area contributed by atoms with Gasteiger partial charge >= 0.3 is 0 Å². The molecule has 0 saturated carbocycles. The minimum absolute atomic E-state index is 0.218. The maximum Gasteiger partial charge on any atom is 0.162 e. The van der Waals surface area contributed by atoms with Crippen LogP contribution in [0.1, 0.15) is 62.4 Å². The Morgan fingerprint density at radius 3 is 2.14 bits per heavy atom. The average molecular weight is 322 g/mol. The van der Waals surface area contributed by atoms with Gasteiger partial charge < -0.3 is 5.73 Å². The molecule has 0 saturated heterocycles. The summed E-state index contributed by atoms with van der Waals surface area (Å²) < 4.78 is 0. The van der Waals surface area contributed by atoms with Crippen LogP contribution < -0.4 is 5.73 Å². The van der Waals surface area contributed by atoms with Crippen LogP contribution in [-0.4, -0.2) is 17.8 Å². The van der Waals surface area contributed by atoms with E-state index < -0.39 is 0 Å². The lowest BCUT2D eigenvalue weighted by molar-refractivity contribution is 0.0988. The molecule has 0 aliphatic carbocycles. The first-order valence-corrected chi connectivity index (χ1v) is 9.29. The van der Waals surface area contributed by atoms with Crippen LogP contribution in [0.25, 0.3) is 0 Å². The molecule has 124 valence electrons. The Morgan fingerprint density at radius 1 is 1.23 bits per heavy atom. The molecule has 3 heteroatoms. The summed E-state index contributed by atoms with van der Waals surface area (Å²) in [6.45, 7) is 12.0. The molecule has 0 aliphatic heterocycles. The van der Waals surface area contributed by atoms with Gasteiger partial charge in [-0.25, -0.2) is 0 Å². The normalized spacial score (nSPS) is 11.5. The first-order valence-electron chi connectivity index (χ1n) is 7.89. The Morgan fingerprint density at radius 2 is 1.77 bits per heavy atom. The van der Waals surface area contributed by atoms with Crippen molar-refractivity contribution in [2.75, 3.05) is 12.0 Å². The van der Waals surface area contributed by atoms with Gasteiger partial charge in [0, 0.05) is 17.7 Å². The number of allylic oxidation sites excluding steroid dienone is 1. The van der Waals surface area contributed by atoms with Gasteiger partial charge in [-0.05, 0) is 35.8 Å². The first-order chi connectivity index (χ1) is 10.3. The lowest BCUT2D eigenvalue weighted by Gasteiger charge is -2.07. The zero-order valence-corrected chi connectivity index (χ0v) is 15.5. The Hall–Kier alpha value is -1.22. The van der Waals surface area contributed by atoms with E-state index in [1.54, 1.807) is 0 Å². The Bertz CT molecular complexity index is 451. The van der Waals surface area contributed by atoms with E-state index in [1.807, 2.05) is 43.0 Å². The van der Waals surface area contributed by atoms with Crippen LogP contribution in [0.5, 0.6) is 0 Å². The van der Waals surface area contributed by atoms with Crippen molar-refractivity contribution in [3.63, 3.8) is 0 Å². The molecule has 1 atom stereocenters. The summed E-state index contributed by atoms with van der Waals surface area (Å²) in [6, 6.07) is 7.91. The number of hydrogen-bond donors (Lipinski definition) is 1. The van der Waals surface area contributed by atoms with E-state index in [9.17, 15) is 4.79 Å². The van der Waals surface area contributed by atoms with Crippen molar-refractivity contribution >= 4 is 17.5 Å². The molecule has 0 radical (unpaired) electrons. The third-order valence-corrected chi connectivity index (χ3v) is 4.25.